The Morgan fingerprint density at radius 1 is 0.780 bits per heavy atom. The van der Waals surface area contributed by atoms with Gasteiger partial charge in [0.25, 0.3) is 0 Å². The van der Waals surface area contributed by atoms with E-state index in [4.69, 9.17) is 5.73 Å². The van der Waals surface area contributed by atoms with Crippen molar-refractivity contribution < 1.29 is 62.6 Å². The fourth-order valence-corrected chi connectivity index (χ4v) is 4.71. The van der Waals surface area contributed by atoms with Gasteiger partial charge in [-0.05, 0) is 53.9 Å². The number of nitrogens with zero attached hydrogens (tertiary/aromatic N) is 4. The van der Waals surface area contributed by atoms with Crippen LogP contribution in [0.4, 0.5) is 28.4 Å². The van der Waals surface area contributed by atoms with Crippen molar-refractivity contribution in [1.29, 1.82) is 0 Å². The van der Waals surface area contributed by atoms with Crippen LogP contribution in [0, 0.1) is 0 Å². The molecule has 12 nitrogen and oxygen atoms in total. The average Bonchev–Trinajstić information content (AvgIpc) is 2.92. The number of aromatic carboxylic acids is 1. The molecule has 0 heterocycles. The van der Waals surface area contributed by atoms with Gasteiger partial charge in [-0.3, -0.25) is 0 Å². The summed E-state index contributed by atoms with van der Waals surface area (Å²) in [5.41, 5.74) is 6.12. The first-order valence-electron chi connectivity index (χ1n) is 11.5. The smallest absolute Gasteiger partial charge is 0.744 e. The zero-order valence-electron chi connectivity index (χ0n) is 21.3. The summed E-state index contributed by atoms with van der Waals surface area (Å²) in [7, 11) is -5.03. The Kier molecular flexibility index (Phi) is 8.37. The van der Waals surface area contributed by atoms with Gasteiger partial charge in [-0.2, -0.15) is 5.11 Å². The third-order valence-corrected chi connectivity index (χ3v) is 6.82. The van der Waals surface area contributed by atoms with Gasteiger partial charge in [0.2, 0.25) is 0 Å². The number of nitrogens with two attached hydrogens (primary N) is 1. The van der Waals surface area contributed by atoms with Crippen LogP contribution in [-0.2, 0) is 10.1 Å². The van der Waals surface area contributed by atoms with Gasteiger partial charge in [0.15, 0.2) is 5.75 Å². The molecule has 0 aliphatic rings. The van der Waals surface area contributed by atoms with E-state index in [2.05, 4.69) is 20.5 Å². The van der Waals surface area contributed by atoms with Gasteiger partial charge in [-0.15, -0.1) is 15.3 Å². The summed E-state index contributed by atoms with van der Waals surface area (Å²) in [4.78, 5) is 10.5. The predicted octanol–water partition coefficient (Wildman–Crippen LogP) is 3.42. The van der Waals surface area contributed by atoms with Gasteiger partial charge < -0.3 is 25.6 Å². The first-order valence-corrected chi connectivity index (χ1v) is 12.9. The Labute approximate surface area is 254 Å². The molecule has 0 fully saturated rings. The summed E-state index contributed by atoms with van der Waals surface area (Å²) in [5, 5.41) is 47.7. The maximum Gasteiger partial charge on any atom is 1.00 e. The number of anilines is 1. The Bertz CT molecular complexity index is 2010. The molecule has 41 heavy (non-hydrogen) atoms. The number of fused-ring (bicyclic) bond motifs is 2. The average molecular weight is 580 g/mol. The first-order chi connectivity index (χ1) is 19.0. The molecule has 0 unspecified atom stereocenters. The van der Waals surface area contributed by atoms with Crippen molar-refractivity contribution in [3.63, 3.8) is 0 Å². The molecule has 0 aromatic heterocycles. The van der Waals surface area contributed by atoms with E-state index in [1.807, 2.05) is 0 Å². The van der Waals surface area contributed by atoms with Crippen LogP contribution in [-0.4, -0.2) is 34.3 Å². The molecule has 200 valence electrons. The van der Waals surface area contributed by atoms with Crippen LogP contribution in [0.1, 0.15) is 10.4 Å². The summed E-state index contributed by atoms with van der Waals surface area (Å²) < 4.78 is 36.0. The van der Waals surface area contributed by atoms with E-state index in [0.29, 0.717) is 22.1 Å². The molecule has 0 saturated carbocycles. The minimum absolute atomic E-state index is 0. The monoisotopic (exact) mass is 579 g/mol. The largest absolute Gasteiger partial charge is 1.00 e. The van der Waals surface area contributed by atoms with Crippen molar-refractivity contribution >= 4 is 66.1 Å². The summed E-state index contributed by atoms with van der Waals surface area (Å²) in [6.07, 6.45) is 0. The molecular formula is C27H18N5NaO7S. The molecule has 5 rings (SSSR count). The summed E-state index contributed by atoms with van der Waals surface area (Å²) >= 11 is 0. The number of benzene rings is 5. The number of carbonyl (C=O) groups is 1. The second-order valence-electron chi connectivity index (χ2n) is 8.56. The Morgan fingerprint density at radius 3 is 2.02 bits per heavy atom. The van der Waals surface area contributed by atoms with Crippen molar-refractivity contribution in [2.24, 2.45) is 20.5 Å². The molecule has 5 aromatic rings. The Balaban J connectivity index is 0.00000387. The third kappa shape index (κ3) is 6.04. The number of phenols is 2. The fourth-order valence-electron chi connectivity index (χ4n) is 4.06. The van der Waals surface area contributed by atoms with Gasteiger partial charge in [0.1, 0.15) is 27.1 Å². The number of aromatic hydroxyl groups is 2. The van der Waals surface area contributed by atoms with E-state index in [1.54, 1.807) is 30.3 Å². The number of phenolic OH excluding ortho intramolecular Hbond substituents is 1. The van der Waals surface area contributed by atoms with Crippen LogP contribution >= 0.6 is 0 Å². The molecule has 14 heteroatoms. The van der Waals surface area contributed by atoms with Crippen LogP contribution in [0.2, 0.25) is 0 Å². The fraction of sp³-hybridized carbons (Fsp3) is 0. The second-order valence-corrected chi connectivity index (χ2v) is 9.91. The normalized spacial score (nSPS) is 11.8. The number of nitrogen functional groups attached to an aromatic ring is 1. The Morgan fingerprint density at radius 2 is 1.41 bits per heavy atom. The number of hydrogen-bond donors (Lipinski definition) is 4. The van der Waals surface area contributed by atoms with E-state index in [9.17, 15) is 33.1 Å². The van der Waals surface area contributed by atoms with Crippen molar-refractivity contribution in [2.75, 3.05) is 5.73 Å². The molecular weight excluding hydrogens is 561 g/mol. The van der Waals surface area contributed by atoms with Gasteiger partial charge in [-0.25, -0.2) is 13.2 Å². The summed E-state index contributed by atoms with van der Waals surface area (Å²) in [6, 6.07) is 19.3. The standard InChI is InChI=1S/C27H19N5O7S.Na/c28-15-6-5-14-11-24(40(37,38)39)25(26(34)19(14)12-15)32-31-22-9-8-21(17-3-1-2-4-18(17)22)30-29-16-7-10-23(33)20(13-16)27(35)36;/h1-13,33-34H,28H2,(H,35,36)(H,37,38,39);/q;+1/p-1. The maximum atomic E-state index is 12.0. The van der Waals surface area contributed by atoms with Gasteiger partial charge >= 0.3 is 35.5 Å². The second kappa shape index (κ2) is 11.6. The molecule has 5 aromatic carbocycles. The molecule has 0 bridgehead atoms. The van der Waals surface area contributed by atoms with Crippen LogP contribution in [0.25, 0.3) is 21.5 Å². The van der Waals surface area contributed by atoms with Crippen LogP contribution in [0.5, 0.6) is 11.5 Å². The van der Waals surface area contributed by atoms with E-state index >= 15 is 0 Å². The van der Waals surface area contributed by atoms with Gasteiger partial charge in [0.05, 0.1) is 22.0 Å². The minimum atomic E-state index is -5.03. The van der Waals surface area contributed by atoms with Crippen molar-refractivity contribution in [2.45, 2.75) is 4.90 Å². The van der Waals surface area contributed by atoms with Crippen LogP contribution in [0.15, 0.2) is 104 Å². The van der Waals surface area contributed by atoms with Crippen molar-refractivity contribution in [3.05, 3.63) is 84.4 Å². The zero-order chi connectivity index (χ0) is 28.6. The molecule has 0 amide bonds. The number of carboxylic acids is 1. The van der Waals surface area contributed by atoms with Gasteiger partial charge in [-0.1, -0.05) is 30.3 Å². The predicted molar refractivity (Wildman–Crippen MR) is 145 cm³/mol. The quantitative estimate of drug-likeness (QED) is 0.101. The number of rotatable bonds is 6. The maximum absolute atomic E-state index is 12.0. The molecule has 5 N–H and O–H groups in total. The molecule has 0 aliphatic carbocycles. The topological polar surface area (TPSA) is 210 Å². The molecule has 0 saturated heterocycles. The molecule has 0 radical (unpaired) electrons. The SMILES string of the molecule is Nc1ccc2cc(S(=O)(=O)[O-])c(N=Nc3ccc(N=Nc4ccc(O)c(C(=O)O)c4)c4ccccc34)c(O)c2c1.[Na+]. The number of azo groups is 2. The van der Waals surface area contributed by atoms with E-state index in [0.717, 1.165) is 6.07 Å². The molecule has 0 atom stereocenters. The van der Waals surface area contributed by atoms with E-state index in [-0.39, 0.29) is 57.3 Å². The molecule has 0 aliphatic heterocycles. The van der Waals surface area contributed by atoms with Crippen LogP contribution < -0.4 is 35.3 Å². The van der Waals surface area contributed by atoms with Gasteiger partial charge in [0, 0.05) is 21.8 Å². The van der Waals surface area contributed by atoms with Crippen molar-refractivity contribution in [1.82, 2.24) is 0 Å². The number of carboxylic acid groups (broad SMARTS) is 1. The van der Waals surface area contributed by atoms with E-state index < -0.39 is 38.2 Å². The first kappa shape index (κ1) is 29.6. The van der Waals surface area contributed by atoms with E-state index in [1.165, 1.54) is 42.5 Å². The summed E-state index contributed by atoms with van der Waals surface area (Å²) in [5.74, 6) is -2.28. The summed E-state index contributed by atoms with van der Waals surface area (Å²) in [6.45, 7) is 0. The minimum Gasteiger partial charge on any atom is -0.744 e. The van der Waals surface area contributed by atoms with Crippen molar-refractivity contribution in [3.8, 4) is 11.5 Å². The third-order valence-electron chi connectivity index (χ3n) is 5.97. The van der Waals surface area contributed by atoms with Crippen LogP contribution in [0.3, 0.4) is 0 Å². The number of hydrogen-bond acceptors (Lipinski definition) is 11. The zero-order valence-corrected chi connectivity index (χ0v) is 24.1. The Hall–Kier alpha value is -4.40. The molecule has 0 spiro atoms.